The number of likely N-dealkylation sites (tertiary alicyclic amines) is 1. The molecule has 23 heavy (non-hydrogen) atoms. The quantitative estimate of drug-likeness (QED) is 0.651. The number of anilines is 1. The third kappa shape index (κ3) is 6.62. The third-order valence-corrected chi connectivity index (χ3v) is 4.72. The fourth-order valence-corrected chi connectivity index (χ4v) is 3.41. The van der Waals surface area contributed by atoms with Crippen LogP contribution in [-0.4, -0.2) is 47.8 Å². The molecule has 1 unspecified atom stereocenters. The smallest absolute Gasteiger partial charge is 0.290 e. The van der Waals surface area contributed by atoms with Crippen LogP contribution < -0.4 is 5.32 Å². The number of carbonyl (C=O) groups excluding carboxylic acids is 1. The molecule has 2 rings (SSSR count). The lowest BCUT2D eigenvalue weighted by molar-refractivity contribution is -0.123. The van der Waals surface area contributed by atoms with Crippen LogP contribution in [0.5, 0.6) is 0 Å². The lowest BCUT2D eigenvalue weighted by Crippen LogP contribution is -2.41. The molecule has 0 bridgehead atoms. The van der Waals surface area contributed by atoms with Crippen molar-refractivity contribution < 1.29 is 14.7 Å². The van der Waals surface area contributed by atoms with Gasteiger partial charge in [0.2, 0.25) is 5.91 Å². The lowest BCUT2D eigenvalue weighted by Gasteiger charge is -2.25. The zero-order chi connectivity index (χ0) is 17.1. The van der Waals surface area contributed by atoms with E-state index in [1.165, 1.54) is 12.8 Å². The molecular formula is C17H26N2O3S. The summed E-state index contributed by atoms with van der Waals surface area (Å²) in [6.07, 6.45) is 4.54. The lowest BCUT2D eigenvalue weighted by atomic mass is 10.1. The van der Waals surface area contributed by atoms with Gasteiger partial charge in [-0.1, -0.05) is 31.9 Å². The molecular weight excluding hydrogens is 312 g/mol. The van der Waals surface area contributed by atoms with Crippen LogP contribution in [0.3, 0.4) is 0 Å². The molecule has 1 aliphatic heterocycles. The zero-order valence-electron chi connectivity index (χ0n) is 13.8. The molecule has 1 amide bonds. The first kappa shape index (κ1) is 19.5. The normalized spacial score (nSPS) is 18.3. The van der Waals surface area contributed by atoms with Gasteiger partial charge in [0.15, 0.2) is 0 Å². The molecule has 1 saturated heterocycles. The van der Waals surface area contributed by atoms with Gasteiger partial charge >= 0.3 is 0 Å². The molecule has 0 aromatic heterocycles. The Hall–Kier alpha value is -1.53. The van der Waals surface area contributed by atoms with E-state index in [0.29, 0.717) is 0 Å². The second-order valence-electron chi connectivity index (χ2n) is 5.37. The molecule has 0 aliphatic carbocycles. The Bertz CT molecular complexity index is 496. The number of nitrogens with one attached hydrogen (secondary N) is 1. The SMILES string of the molecule is CCSc1ccccc1NC(=O)C1CCCCCN1C.O=CO. The van der Waals surface area contributed by atoms with Crippen LogP contribution in [0.15, 0.2) is 29.2 Å². The monoisotopic (exact) mass is 338 g/mol. The van der Waals surface area contributed by atoms with Crippen LogP contribution in [0.1, 0.15) is 32.6 Å². The van der Waals surface area contributed by atoms with Crippen LogP contribution in [-0.2, 0) is 9.59 Å². The molecule has 128 valence electrons. The minimum absolute atomic E-state index is 0.0113. The number of rotatable bonds is 4. The van der Waals surface area contributed by atoms with E-state index in [9.17, 15) is 4.79 Å². The molecule has 0 radical (unpaired) electrons. The van der Waals surface area contributed by atoms with E-state index >= 15 is 0 Å². The van der Waals surface area contributed by atoms with E-state index < -0.39 is 0 Å². The van der Waals surface area contributed by atoms with Crippen molar-refractivity contribution in [3.8, 4) is 0 Å². The molecule has 1 aromatic carbocycles. The molecule has 1 fully saturated rings. The van der Waals surface area contributed by atoms with Gasteiger partial charge in [-0.05, 0) is 44.3 Å². The van der Waals surface area contributed by atoms with Crippen LogP contribution in [0, 0.1) is 0 Å². The minimum Gasteiger partial charge on any atom is -0.483 e. The fraction of sp³-hybridized carbons (Fsp3) is 0.529. The predicted octanol–water partition coefficient (Wildman–Crippen LogP) is 3.31. The van der Waals surface area contributed by atoms with Crippen LogP contribution >= 0.6 is 11.8 Å². The minimum atomic E-state index is -0.250. The van der Waals surface area contributed by atoms with E-state index in [1.54, 1.807) is 11.8 Å². The standard InChI is InChI=1S/C16H24N2OS.CH2O2/c1-3-20-15-11-7-6-9-13(15)17-16(19)14-10-5-4-8-12-18(14)2;2-1-3/h6-7,9,11,14H,3-5,8,10,12H2,1-2H3,(H,17,19);1H,(H,2,3). The van der Waals surface area contributed by atoms with E-state index in [4.69, 9.17) is 9.90 Å². The Kier molecular flexibility index (Phi) is 9.40. The summed E-state index contributed by atoms with van der Waals surface area (Å²) in [7, 11) is 2.06. The Morgan fingerprint density at radius 1 is 1.39 bits per heavy atom. The van der Waals surface area contributed by atoms with Crippen molar-refractivity contribution >= 4 is 29.8 Å². The largest absolute Gasteiger partial charge is 0.483 e. The van der Waals surface area contributed by atoms with Crippen molar-refractivity contribution in [1.82, 2.24) is 4.90 Å². The Morgan fingerprint density at radius 3 is 2.78 bits per heavy atom. The Morgan fingerprint density at radius 2 is 2.09 bits per heavy atom. The number of amides is 1. The Labute approximate surface area is 142 Å². The maximum absolute atomic E-state index is 12.5. The highest BCUT2D eigenvalue weighted by Crippen LogP contribution is 2.27. The second-order valence-corrected chi connectivity index (χ2v) is 6.68. The highest BCUT2D eigenvalue weighted by atomic mass is 32.2. The summed E-state index contributed by atoms with van der Waals surface area (Å²) in [6.45, 7) is 2.89. The maximum Gasteiger partial charge on any atom is 0.290 e. The first-order valence-electron chi connectivity index (χ1n) is 7.94. The average molecular weight is 338 g/mol. The van der Waals surface area contributed by atoms with Crippen molar-refractivity contribution in [1.29, 1.82) is 0 Å². The average Bonchev–Trinajstić information content (AvgIpc) is 2.75. The molecule has 1 aliphatic rings. The summed E-state index contributed by atoms with van der Waals surface area (Å²) in [6, 6.07) is 8.07. The number of hydrogen-bond acceptors (Lipinski definition) is 4. The van der Waals surface area contributed by atoms with Crippen LogP contribution in [0.2, 0.25) is 0 Å². The van der Waals surface area contributed by atoms with Crippen molar-refractivity contribution in [3.05, 3.63) is 24.3 Å². The number of para-hydroxylation sites is 1. The van der Waals surface area contributed by atoms with Crippen molar-refractivity contribution in [2.45, 2.75) is 43.5 Å². The first-order chi connectivity index (χ1) is 11.1. The maximum atomic E-state index is 12.5. The molecule has 1 heterocycles. The van der Waals surface area contributed by atoms with Gasteiger partial charge in [-0.3, -0.25) is 14.5 Å². The van der Waals surface area contributed by atoms with E-state index in [-0.39, 0.29) is 18.4 Å². The topological polar surface area (TPSA) is 69.6 Å². The van der Waals surface area contributed by atoms with Crippen LogP contribution in [0.25, 0.3) is 0 Å². The van der Waals surface area contributed by atoms with Gasteiger partial charge in [0, 0.05) is 4.90 Å². The number of benzene rings is 1. The van der Waals surface area contributed by atoms with Gasteiger partial charge in [0.05, 0.1) is 11.7 Å². The summed E-state index contributed by atoms with van der Waals surface area (Å²) in [4.78, 5) is 24.2. The van der Waals surface area contributed by atoms with Crippen molar-refractivity contribution in [3.63, 3.8) is 0 Å². The van der Waals surface area contributed by atoms with Crippen LogP contribution in [0.4, 0.5) is 5.69 Å². The third-order valence-electron chi connectivity index (χ3n) is 3.77. The second kappa shape index (κ2) is 11.1. The van der Waals surface area contributed by atoms with Crippen molar-refractivity contribution in [2.24, 2.45) is 0 Å². The summed E-state index contributed by atoms with van der Waals surface area (Å²) in [5.74, 6) is 1.15. The highest BCUT2D eigenvalue weighted by molar-refractivity contribution is 7.99. The number of hydrogen-bond donors (Lipinski definition) is 2. The summed E-state index contributed by atoms with van der Waals surface area (Å²) in [5, 5.41) is 10.0. The van der Waals surface area contributed by atoms with Gasteiger partial charge in [0.1, 0.15) is 0 Å². The molecule has 5 nitrogen and oxygen atoms in total. The number of thioether (sulfide) groups is 1. The summed E-state index contributed by atoms with van der Waals surface area (Å²) in [5.41, 5.74) is 0.946. The van der Waals surface area contributed by atoms with Gasteiger partial charge < -0.3 is 10.4 Å². The van der Waals surface area contributed by atoms with Gasteiger partial charge in [-0.2, -0.15) is 0 Å². The molecule has 6 heteroatoms. The van der Waals surface area contributed by atoms with Gasteiger partial charge in [-0.25, -0.2) is 0 Å². The number of carbonyl (C=O) groups is 2. The number of likely N-dealkylation sites (N-methyl/N-ethyl adjacent to an activating group) is 1. The number of nitrogens with zero attached hydrogens (tertiary/aromatic N) is 1. The fourth-order valence-electron chi connectivity index (χ4n) is 2.65. The molecule has 0 saturated carbocycles. The molecule has 2 N–H and O–H groups in total. The predicted molar refractivity (Wildman–Crippen MR) is 95.0 cm³/mol. The van der Waals surface area contributed by atoms with E-state index in [0.717, 1.165) is 35.7 Å². The molecule has 1 atom stereocenters. The van der Waals surface area contributed by atoms with Gasteiger partial charge in [0.25, 0.3) is 6.47 Å². The Balaban J connectivity index is 0.000000816. The highest BCUT2D eigenvalue weighted by Gasteiger charge is 2.25. The van der Waals surface area contributed by atoms with Gasteiger partial charge in [-0.15, -0.1) is 11.8 Å². The summed E-state index contributed by atoms with van der Waals surface area (Å²) < 4.78 is 0. The van der Waals surface area contributed by atoms with E-state index in [2.05, 4.69) is 30.3 Å². The summed E-state index contributed by atoms with van der Waals surface area (Å²) >= 11 is 1.77. The van der Waals surface area contributed by atoms with Crippen molar-refractivity contribution in [2.75, 3.05) is 24.7 Å². The van der Waals surface area contributed by atoms with E-state index in [1.807, 2.05) is 18.2 Å². The number of carboxylic acid groups (broad SMARTS) is 1. The molecule has 0 spiro atoms. The zero-order valence-corrected chi connectivity index (χ0v) is 14.6. The first-order valence-corrected chi connectivity index (χ1v) is 8.93. The molecule has 1 aromatic rings.